The number of hydrogen-bond donors (Lipinski definition) is 2. The minimum Gasteiger partial charge on any atom is -0.355 e. The van der Waals surface area contributed by atoms with Crippen LogP contribution < -0.4 is 15.5 Å². The van der Waals surface area contributed by atoms with Gasteiger partial charge in [0.2, 0.25) is 23.1 Å². The molecule has 0 saturated heterocycles. The SMILES string of the molecule is CCN(CC)c1nc(Cl)nc(NCCNC(C)=O)n1. The average molecular weight is 287 g/mol. The monoisotopic (exact) mass is 286 g/mol. The van der Waals surface area contributed by atoms with Gasteiger partial charge in [0.15, 0.2) is 0 Å². The van der Waals surface area contributed by atoms with E-state index in [4.69, 9.17) is 11.6 Å². The van der Waals surface area contributed by atoms with E-state index in [0.29, 0.717) is 25.0 Å². The van der Waals surface area contributed by atoms with Crippen molar-refractivity contribution in [3.8, 4) is 0 Å². The van der Waals surface area contributed by atoms with E-state index < -0.39 is 0 Å². The van der Waals surface area contributed by atoms with Gasteiger partial charge in [-0.15, -0.1) is 0 Å². The molecule has 106 valence electrons. The summed E-state index contributed by atoms with van der Waals surface area (Å²) in [6.07, 6.45) is 0. The van der Waals surface area contributed by atoms with Crippen LogP contribution in [0.25, 0.3) is 0 Å². The van der Waals surface area contributed by atoms with Crippen LogP contribution in [-0.2, 0) is 4.79 Å². The number of carbonyl (C=O) groups excluding carboxylic acids is 1. The van der Waals surface area contributed by atoms with Gasteiger partial charge < -0.3 is 15.5 Å². The van der Waals surface area contributed by atoms with Crippen molar-refractivity contribution in [2.45, 2.75) is 20.8 Å². The van der Waals surface area contributed by atoms with Gasteiger partial charge in [-0.2, -0.15) is 15.0 Å². The molecule has 0 aliphatic carbocycles. The maximum Gasteiger partial charge on any atom is 0.231 e. The second kappa shape index (κ2) is 7.73. The van der Waals surface area contributed by atoms with E-state index in [1.807, 2.05) is 18.7 Å². The van der Waals surface area contributed by atoms with Crippen molar-refractivity contribution in [1.29, 1.82) is 0 Å². The summed E-state index contributed by atoms with van der Waals surface area (Å²) in [5.74, 6) is 0.888. The molecule has 7 nitrogen and oxygen atoms in total. The van der Waals surface area contributed by atoms with E-state index in [1.165, 1.54) is 6.92 Å². The van der Waals surface area contributed by atoms with Crippen LogP contribution in [0.3, 0.4) is 0 Å². The van der Waals surface area contributed by atoms with E-state index in [1.54, 1.807) is 0 Å². The molecule has 0 unspecified atom stereocenters. The Labute approximate surface area is 117 Å². The number of rotatable bonds is 7. The van der Waals surface area contributed by atoms with Crippen LogP contribution in [0.1, 0.15) is 20.8 Å². The third-order valence-electron chi connectivity index (χ3n) is 2.42. The second-order valence-corrected chi connectivity index (χ2v) is 4.15. The first-order valence-corrected chi connectivity index (χ1v) is 6.59. The molecule has 1 aromatic rings. The molecule has 0 atom stereocenters. The highest BCUT2D eigenvalue weighted by atomic mass is 35.5. The maximum absolute atomic E-state index is 10.7. The van der Waals surface area contributed by atoms with Crippen LogP contribution in [0.15, 0.2) is 0 Å². The van der Waals surface area contributed by atoms with Crippen molar-refractivity contribution in [3.63, 3.8) is 0 Å². The highest BCUT2D eigenvalue weighted by Crippen LogP contribution is 2.13. The summed E-state index contributed by atoms with van der Waals surface area (Å²) in [6, 6.07) is 0. The van der Waals surface area contributed by atoms with Gasteiger partial charge in [-0.25, -0.2) is 0 Å². The van der Waals surface area contributed by atoms with Crippen LogP contribution in [0, 0.1) is 0 Å². The Hall–Kier alpha value is -1.63. The summed E-state index contributed by atoms with van der Waals surface area (Å²) >= 11 is 5.87. The smallest absolute Gasteiger partial charge is 0.231 e. The Morgan fingerprint density at radius 1 is 1.21 bits per heavy atom. The Morgan fingerprint density at radius 3 is 2.47 bits per heavy atom. The Kier molecular flexibility index (Phi) is 6.27. The Bertz CT molecular complexity index is 424. The fourth-order valence-corrected chi connectivity index (χ4v) is 1.64. The molecule has 0 saturated carbocycles. The van der Waals surface area contributed by atoms with Crippen LogP contribution in [-0.4, -0.2) is 47.0 Å². The quantitative estimate of drug-likeness (QED) is 0.725. The van der Waals surface area contributed by atoms with Crippen molar-refractivity contribution in [2.24, 2.45) is 0 Å². The predicted octanol–water partition coefficient (Wildman–Crippen LogP) is 0.919. The fraction of sp³-hybridized carbons (Fsp3) is 0.636. The molecule has 0 aromatic carbocycles. The number of amides is 1. The summed E-state index contributed by atoms with van der Waals surface area (Å²) in [5, 5.41) is 5.82. The molecule has 0 radical (unpaired) electrons. The van der Waals surface area contributed by atoms with Crippen molar-refractivity contribution in [1.82, 2.24) is 20.3 Å². The second-order valence-electron chi connectivity index (χ2n) is 3.81. The van der Waals surface area contributed by atoms with Gasteiger partial charge in [0.05, 0.1) is 0 Å². The number of nitrogens with zero attached hydrogens (tertiary/aromatic N) is 4. The molecule has 0 spiro atoms. The van der Waals surface area contributed by atoms with Gasteiger partial charge in [-0.1, -0.05) is 0 Å². The molecule has 0 aliphatic heterocycles. The first-order valence-electron chi connectivity index (χ1n) is 6.21. The number of halogens is 1. The molecule has 1 aromatic heterocycles. The van der Waals surface area contributed by atoms with Gasteiger partial charge in [-0.05, 0) is 25.4 Å². The number of hydrogen-bond acceptors (Lipinski definition) is 6. The normalized spacial score (nSPS) is 10.1. The Balaban J connectivity index is 2.65. The highest BCUT2D eigenvalue weighted by Gasteiger charge is 2.09. The lowest BCUT2D eigenvalue weighted by atomic mass is 10.5. The maximum atomic E-state index is 10.7. The fourth-order valence-electron chi connectivity index (χ4n) is 1.48. The topological polar surface area (TPSA) is 83.0 Å². The van der Waals surface area contributed by atoms with Crippen molar-refractivity contribution in [3.05, 3.63) is 5.28 Å². The summed E-state index contributed by atoms with van der Waals surface area (Å²) in [4.78, 5) is 25.1. The lowest BCUT2D eigenvalue weighted by molar-refractivity contribution is -0.118. The standard InChI is InChI=1S/C11H19ClN6O/c1-4-18(5-2)11-16-9(12)15-10(17-11)14-7-6-13-8(3)19/h4-7H2,1-3H3,(H,13,19)(H,14,15,16,17). The van der Waals surface area contributed by atoms with E-state index in [9.17, 15) is 4.79 Å². The Morgan fingerprint density at radius 2 is 1.89 bits per heavy atom. The molecular formula is C11H19ClN6O. The molecular weight excluding hydrogens is 268 g/mol. The van der Waals surface area contributed by atoms with Gasteiger partial charge in [0, 0.05) is 33.1 Å². The number of carbonyl (C=O) groups is 1. The zero-order valence-electron chi connectivity index (χ0n) is 11.4. The average Bonchev–Trinajstić information content (AvgIpc) is 2.35. The zero-order chi connectivity index (χ0) is 14.3. The lowest BCUT2D eigenvalue weighted by Crippen LogP contribution is -2.28. The molecule has 0 bridgehead atoms. The summed E-state index contributed by atoms with van der Waals surface area (Å²) in [5.41, 5.74) is 0. The number of anilines is 2. The minimum atomic E-state index is -0.0701. The number of nitrogens with one attached hydrogen (secondary N) is 2. The van der Waals surface area contributed by atoms with Gasteiger partial charge in [0.25, 0.3) is 0 Å². The van der Waals surface area contributed by atoms with Crippen molar-refractivity contribution < 1.29 is 4.79 Å². The third kappa shape index (κ3) is 5.25. The van der Waals surface area contributed by atoms with Crippen LogP contribution in [0.5, 0.6) is 0 Å². The first-order chi connectivity index (χ1) is 9.06. The van der Waals surface area contributed by atoms with E-state index in [0.717, 1.165) is 13.1 Å². The van der Waals surface area contributed by atoms with E-state index in [2.05, 4.69) is 25.6 Å². The third-order valence-corrected chi connectivity index (χ3v) is 2.59. The molecule has 0 fully saturated rings. The van der Waals surface area contributed by atoms with Crippen LogP contribution in [0.2, 0.25) is 5.28 Å². The lowest BCUT2D eigenvalue weighted by Gasteiger charge is -2.18. The van der Waals surface area contributed by atoms with Crippen molar-refractivity contribution >= 4 is 29.4 Å². The number of aromatic nitrogens is 3. The first kappa shape index (κ1) is 15.4. The largest absolute Gasteiger partial charge is 0.355 e. The van der Waals surface area contributed by atoms with Crippen LogP contribution in [0.4, 0.5) is 11.9 Å². The summed E-state index contributed by atoms with van der Waals surface area (Å²) in [7, 11) is 0. The minimum absolute atomic E-state index is 0.0701. The van der Waals surface area contributed by atoms with Crippen molar-refractivity contribution in [2.75, 3.05) is 36.4 Å². The van der Waals surface area contributed by atoms with E-state index in [-0.39, 0.29) is 11.2 Å². The van der Waals surface area contributed by atoms with Gasteiger partial charge in [0.1, 0.15) is 0 Å². The summed E-state index contributed by atoms with van der Waals surface area (Å²) < 4.78 is 0. The predicted molar refractivity (Wildman–Crippen MR) is 75.6 cm³/mol. The molecule has 8 heteroatoms. The van der Waals surface area contributed by atoms with E-state index >= 15 is 0 Å². The molecule has 1 rings (SSSR count). The molecule has 0 aliphatic rings. The van der Waals surface area contributed by atoms with Crippen LogP contribution >= 0.6 is 11.6 Å². The molecule has 19 heavy (non-hydrogen) atoms. The zero-order valence-corrected chi connectivity index (χ0v) is 12.2. The molecule has 2 N–H and O–H groups in total. The highest BCUT2D eigenvalue weighted by molar-refractivity contribution is 6.28. The molecule has 1 heterocycles. The van der Waals surface area contributed by atoms with Gasteiger partial charge in [-0.3, -0.25) is 4.79 Å². The molecule has 1 amide bonds. The summed E-state index contributed by atoms with van der Waals surface area (Å²) in [6.45, 7) is 8.12. The van der Waals surface area contributed by atoms with Gasteiger partial charge >= 0.3 is 0 Å².